The molecular weight excluding hydrogens is 325 g/mol. The highest BCUT2D eigenvalue weighted by molar-refractivity contribution is 6.24. The van der Waals surface area contributed by atoms with Crippen molar-refractivity contribution in [1.29, 1.82) is 0 Å². The minimum absolute atomic E-state index is 0. The first kappa shape index (κ1) is 18.8. The molecule has 0 fully saturated rings. The van der Waals surface area contributed by atoms with Gasteiger partial charge in [0.1, 0.15) is 11.5 Å². The molecule has 0 saturated carbocycles. The average molecular weight is 346 g/mol. The second kappa shape index (κ2) is 8.44. The number of benzene rings is 1. The van der Waals surface area contributed by atoms with Crippen LogP contribution in [0.25, 0.3) is 0 Å². The van der Waals surface area contributed by atoms with Gasteiger partial charge in [-0.3, -0.25) is 0 Å². The summed E-state index contributed by atoms with van der Waals surface area (Å²) in [6.45, 7) is 0.720. The Kier molecular flexibility index (Phi) is 7.23. The van der Waals surface area contributed by atoms with E-state index in [9.17, 15) is 0 Å². The maximum Gasteiger partial charge on any atom is 0.168 e. The zero-order chi connectivity index (χ0) is 15.3. The lowest BCUT2D eigenvalue weighted by Gasteiger charge is -2.32. The van der Waals surface area contributed by atoms with Crippen molar-refractivity contribution in [3.63, 3.8) is 0 Å². The lowest BCUT2D eigenvalue weighted by atomic mass is 9.97. The summed E-state index contributed by atoms with van der Waals surface area (Å²) < 4.78 is 16.5. The second-order valence-corrected chi connectivity index (χ2v) is 5.34. The molecule has 2 unspecified atom stereocenters. The molecule has 1 aliphatic carbocycles. The molecule has 1 aliphatic rings. The van der Waals surface area contributed by atoms with Crippen LogP contribution in [0.2, 0.25) is 0 Å². The highest BCUT2D eigenvalue weighted by atomic mass is 35.5. The third-order valence-electron chi connectivity index (χ3n) is 3.47. The van der Waals surface area contributed by atoms with Gasteiger partial charge in [-0.2, -0.15) is 0 Å². The number of ether oxygens (including phenoxy) is 3. The number of nitrogens with two attached hydrogens (primary N) is 1. The zero-order valence-electron chi connectivity index (χ0n) is 12.6. The second-order valence-electron chi connectivity index (χ2n) is 4.75. The van der Waals surface area contributed by atoms with Crippen molar-refractivity contribution >= 4 is 24.0 Å². The summed E-state index contributed by atoms with van der Waals surface area (Å²) in [5.41, 5.74) is 6.63. The minimum atomic E-state index is -0.933. The van der Waals surface area contributed by atoms with Crippen LogP contribution < -0.4 is 15.2 Å². The Hall–Kier alpha value is -1.20. The SMILES string of the molecule is COc1ccc(OC)c(COC2(Cl)C=CC=CC2CN)c1.Cl. The van der Waals surface area contributed by atoms with Crippen molar-refractivity contribution in [1.82, 2.24) is 0 Å². The van der Waals surface area contributed by atoms with Gasteiger partial charge in [-0.05, 0) is 24.3 Å². The van der Waals surface area contributed by atoms with Crippen molar-refractivity contribution in [2.24, 2.45) is 11.7 Å². The van der Waals surface area contributed by atoms with E-state index in [0.717, 1.165) is 17.1 Å². The van der Waals surface area contributed by atoms with Gasteiger partial charge >= 0.3 is 0 Å². The topological polar surface area (TPSA) is 53.7 Å². The quantitative estimate of drug-likeness (QED) is 0.804. The smallest absolute Gasteiger partial charge is 0.168 e. The fourth-order valence-electron chi connectivity index (χ4n) is 2.22. The molecule has 6 heteroatoms. The standard InChI is InChI=1S/C16H20ClNO3.ClH/c1-19-14-6-7-15(20-2)12(9-14)11-21-16(17)8-4-3-5-13(16)10-18;/h3-9,13H,10-11,18H2,1-2H3;1H. The summed E-state index contributed by atoms with van der Waals surface area (Å²) in [7, 11) is 3.24. The molecule has 0 heterocycles. The molecule has 1 aromatic carbocycles. The summed E-state index contributed by atoms with van der Waals surface area (Å²) in [4.78, 5) is 0. The van der Waals surface area contributed by atoms with Crippen LogP contribution in [0.15, 0.2) is 42.5 Å². The van der Waals surface area contributed by atoms with Gasteiger partial charge in [0, 0.05) is 18.0 Å². The van der Waals surface area contributed by atoms with Gasteiger partial charge in [-0.1, -0.05) is 29.8 Å². The highest BCUT2D eigenvalue weighted by Crippen LogP contribution is 2.34. The van der Waals surface area contributed by atoms with Crippen molar-refractivity contribution in [2.45, 2.75) is 11.7 Å². The van der Waals surface area contributed by atoms with Crippen LogP contribution in [-0.2, 0) is 11.3 Å². The molecule has 1 aromatic rings. The normalized spacial score (nSPS) is 23.0. The van der Waals surface area contributed by atoms with E-state index in [1.54, 1.807) is 14.2 Å². The van der Waals surface area contributed by atoms with E-state index >= 15 is 0 Å². The van der Waals surface area contributed by atoms with Crippen LogP contribution >= 0.6 is 24.0 Å². The number of methoxy groups -OCH3 is 2. The van der Waals surface area contributed by atoms with Gasteiger partial charge in [0.2, 0.25) is 0 Å². The van der Waals surface area contributed by atoms with E-state index in [1.165, 1.54) is 0 Å². The van der Waals surface area contributed by atoms with Crippen LogP contribution in [0.4, 0.5) is 0 Å². The number of halogens is 2. The first-order chi connectivity index (χ1) is 10.1. The van der Waals surface area contributed by atoms with Gasteiger partial charge in [0.05, 0.1) is 20.8 Å². The zero-order valence-corrected chi connectivity index (χ0v) is 14.2. The van der Waals surface area contributed by atoms with Crippen LogP contribution in [0.1, 0.15) is 5.56 Å². The predicted octanol–water partition coefficient (Wildman–Crippen LogP) is 3.28. The molecule has 22 heavy (non-hydrogen) atoms. The molecule has 122 valence electrons. The van der Waals surface area contributed by atoms with Gasteiger partial charge in [-0.15, -0.1) is 12.4 Å². The molecule has 2 N–H and O–H groups in total. The Labute approximate surface area is 142 Å². The molecule has 2 rings (SSSR count). The maximum absolute atomic E-state index is 6.55. The van der Waals surface area contributed by atoms with Crippen LogP contribution in [0.5, 0.6) is 11.5 Å². The molecule has 2 atom stereocenters. The average Bonchev–Trinajstić information content (AvgIpc) is 2.53. The molecule has 0 radical (unpaired) electrons. The van der Waals surface area contributed by atoms with Gasteiger partial charge < -0.3 is 19.9 Å². The maximum atomic E-state index is 6.55. The van der Waals surface area contributed by atoms with Crippen LogP contribution in [0.3, 0.4) is 0 Å². The molecule has 0 spiro atoms. The molecule has 0 bridgehead atoms. The van der Waals surface area contributed by atoms with E-state index in [0.29, 0.717) is 13.2 Å². The summed E-state index contributed by atoms with van der Waals surface area (Å²) in [5.74, 6) is 1.41. The van der Waals surface area contributed by atoms with Crippen LogP contribution in [-0.4, -0.2) is 25.8 Å². The summed E-state index contributed by atoms with van der Waals surface area (Å²) >= 11 is 6.55. The Bertz CT molecular complexity index is 548. The first-order valence-electron chi connectivity index (χ1n) is 6.73. The fourth-order valence-corrected chi connectivity index (χ4v) is 2.51. The van der Waals surface area contributed by atoms with E-state index in [-0.39, 0.29) is 18.3 Å². The van der Waals surface area contributed by atoms with Gasteiger partial charge in [0.15, 0.2) is 5.06 Å². The minimum Gasteiger partial charge on any atom is -0.497 e. The van der Waals surface area contributed by atoms with Crippen molar-refractivity contribution in [2.75, 3.05) is 20.8 Å². The summed E-state index contributed by atoms with van der Waals surface area (Å²) in [5, 5.41) is -0.933. The number of rotatable bonds is 6. The third kappa shape index (κ3) is 4.17. The molecule has 0 amide bonds. The predicted molar refractivity (Wildman–Crippen MR) is 91.0 cm³/mol. The lowest BCUT2D eigenvalue weighted by molar-refractivity contribution is 0.0133. The number of hydrogen-bond acceptors (Lipinski definition) is 4. The number of alkyl halides is 1. The Balaban J connectivity index is 0.00000242. The van der Waals surface area contributed by atoms with Crippen molar-refractivity contribution < 1.29 is 14.2 Å². The highest BCUT2D eigenvalue weighted by Gasteiger charge is 2.34. The van der Waals surface area contributed by atoms with E-state index in [2.05, 4.69) is 0 Å². The third-order valence-corrected chi connectivity index (χ3v) is 3.99. The molecule has 0 aliphatic heterocycles. The lowest BCUT2D eigenvalue weighted by Crippen LogP contribution is -2.37. The monoisotopic (exact) mass is 345 g/mol. The summed E-state index contributed by atoms with van der Waals surface area (Å²) in [6.07, 6.45) is 7.56. The molecule has 0 aromatic heterocycles. The van der Waals surface area contributed by atoms with Crippen molar-refractivity contribution in [3.8, 4) is 11.5 Å². The summed E-state index contributed by atoms with van der Waals surface area (Å²) in [6, 6.07) is 5.55. The largest absolute Gasteiger partial charge is 0.497 e. The van der Waals surface area contributed by atoms with E-state index < -0.39 is 5.06 Å². The Morgan fingerprint density at radius 1 is 1.23 bits per heavy atom. The van der Waals surface area contributed by atoms with E-state index in [4.69, 9.17) is 31.5 Å². The fraction of sp³-hybridized carbons (Fsp3) is 0.375. The molecular formula is C16H21Cl2NO3. The number of allylic oxidation sites excluding steroid dienone is 2. The Morgan fingerprint density at radius 2 is 2.00 bits per heavy atom. The molecule has 4 nitrogen and oxygen atoms in total. The van der Waals surface area contributed by atoms with Gasteiger partial charge in [0.25, 0.3) is 0 Å². The van der Waals surface area contributed by atoms with Crippen molar-refractivity contribution in [3.05, 3.63) is 48.1 Å². The number of hydrogen-bond donors (Lipinski definition) is 1. The molecule has 0 saturated heterocycles. The van der Waals surface area contributed by atoms with Gasteiger partial charge in [-0.25, -0.2) is 0 Å². The van der Waals surface area contributed by atoms with Crippen LogP contribution in [0, 0.1) is 5.92 Å². The van der Waals surface area contributed by atoms with E-state index in [1.807, 2.05) is 42.5 Å². The first-order valence-corrected chi connectivity index (χ1v) is 7.10. The Morgan fingerprint density at radius 3 is 2.64 bits per heavy atom.